The largest absolute Gasteiger partial charge is 0.480 e. The SMILES string of the molecule is Cn1nnc(CSCCC(NC(=O)OC(C)(C)C)C(=O)O)n1. The first-order valence-corrected chi connectivity index (χ1v) is 7.86. The van der Waals surface area contributed by atoms with Crippen molar-refractivity contribution in [3.8, 4) is 0 Å². The quantitative estimate of drug-likeness (QED) is 0.704. The smallest absolute Gasteiger partial charge is 0.408 e. The number of carboxylic acids is 1. The highest BCUT2D eigenvalue weighted by Crippen LogP contribution is 2.11. The number of nitrogens with zero attached hydrogens (tertiary/aromatic N) is 4. The Kier molecular flexibility index (Phi) is 6.60. The van der Waals surface area contributed by atoms with Crippen LogP contribution in [0.1, 0.15) is 33.0 Å². The summed E-state index contributed by atoms with van der Waals surface area (Å²) in [6, 6.07) is -0.989. The number of rotatable bonds is 7. The molecule has 22 heavy (non-hydrogen) atoms. The fourth-order valence-corrected chi connectivity index (χ4v) is 2.30. The summed E-state index contributed by atoms with van der Waals surface area (Å²) in [5, 5.41) is 23.0. The number of nitrogens with one attached hydrogen (secondary N) is 1. The molecule has 0 radical (unpaired) electrons. The number of alkyl carbamates (subject to hydrolysis) is 1. The zero-order valence-corrected chi connectivity index (χ0v) is 13.9. The van der Waals surface area contributed by atoms with Gasteiger partial charge in [0, 0.05) is 0 Å². The molecule has 1 rings (SSSR count). The van der Waals surface area contributed by atoms with E-state index in [1.165, 1.54) is 16.6 Å². The predicted molar refractivity (Wildman–Crippen MR) is 80.4 cm³/mol. The van der Waals surface area contributed by atoms with E-state index in [4.69, 9.17) is 9.84 Å². The summed E-state index contributed by atoms with van der Waals surface area (Å²) in [7, 11) is 1.67. The predicted octanol–water partition coefficient (Wildman–Crippen LogP) is 0.811. The van der Waals surface area contributed by atoms with E-state index in [1.54, 1.807) is 27.8 Å². The van der Waals surface area contributed by atoms with E-state index in [0.717, 1.165) is 0 Å². The van der Waals surface area contributed by atoms with Gasteiger partial charge in [-0.1, -0.05) is 0 Å². The lowest BCUT2D eigenvalue weighted by molar-refractivity contribution is -0.139. The Morgan fingerprint density at radius 2 is 2.14 bits per heavy atom. The highest BCUT2D eigenvalue weighted by molar-refractivity contribution is 7.98. The molecule has 0 bridgehead atoms. The molecule has 0 saturated heterocycles. The molecule has 2 N–H and O–H groups in total. The minimum atomic E-state index is -1.09. The molecular formula is C12H21N5O4S. The van der Waals surface area contributed by atoms with Crippen LogP contribution >= 0.6 is 11.8 Å². The number of hydrogen-bond donors (Lipinski definition) is 2. The molecule has 1 aromatic heterocycles. The Hall–Kier alpha value is -1.84. The highest BCUT2D eigenvalue weighted by atomic mass is 32.2. The third kappa shape index (κ3) is 7.25. The zero-order chi connectivity index (χ0) is 16.8. The van der Waals surface area contributed by atoms with Gasteiger partial charge in [0.1, 0.15) is 11.6 Å². The molecule has 0 aromatic carbocycles. The van der Waals surface area contributed by atoms with E-state index in [-0.39, 0.29) is 6.42 Å². The number of carbonyl (C=O) groups excluding carboxylic acids is 1. The van der Waals surface area contributed by atoms with Crippen LogP contribution < -0.4 is 5.32 Å². The van der Waals surface area contributed by atoms with Crippen LogP contribution in [0.15, 0.2) is 0 Å². The van der Waals surface area contributed by atoms with Crippen molar-refractivity contribution in [2.24, 2.45) is 7.05 Å². The number of carbonyl (C=O) groups is 2. The van der Waals surface area contributed by atoms with Gasteiger partial charge < -0.3 is 15.2 Å². The van der Waals surface area contributed by atoms with Gasteiger partial charge in [-0.15, -0.1) is 10.2 Å². The second-order valence-corrected chi connectivity index (χ2v) is 6.68. The van der Waals surface area contributed by atoms with Crippen molar-refractivity contribution < 1.29 is 19.4 Å². The maximum atomic E-state index is 11.6. The Morgan fingerprint density at radius 1 is 1.45 bits per heavy atom. The van der Waals surface area contributed by atoms with Gasteiger partial charge in [-0.3, -0.25) is 0 Å². The molecule has 0 saturated carbocycles. The molecule has 1 amide bonds. The lowest BCUT2D eigenvalue weighted by Gasteiger charge is -2.21. The Morgan fingerprint density at radius 3 is 2.64 bits per heavy atom. The van der Waals surface area contributed by atoms with Crippen molar-refractivity contribution in [3.63, 3.8) is 0 Å². The van der Waals surface area contributed by atoms with E-state index in [0.29, 0.717) is 17.3 Å². The van der Waals surface area contributed by atoms with E-state index < -0.39 is 23.7 Å². The van der Waals surface area contributed by atoms with Crippen LogP contribution in [-0.4, -0.2) is 54.8 Å². The molecular weight excluding hydrogens is 310 g/mol. The van der Waals surface area contributed by atoms with Crippen LogP contribution in [0.25, 0.3) is 0 Å². The van der Waals surface area contributed by atoms with Crippen molar-refractivity contribution >= 4 is 23.8 Å². The first-order valence-electron chi connectivity index (χ1n) is 6.70. The summed E-state index contributed by atoms with van der Waals surface area (Å²) in [6.07, 6.45) is -0.458. The van der Waals surface area contributed by atoms with Crippen LogP contribution in [0, 0.1) is 0 Å². The third-order valence-electron chi connectivity index (χ3n) is 2.32. The Balaban J connectivity index is 2.35. The van der Waals surface area contributed by atoms with Crippen molar-refractivity contribution in [1.29, 1.82) is 0 Å². The highest BCUT2D eigenvalue weighted by Gasteiger charge is 2.23. The molecule has 0 spiro atoms. The molecule has 9 nitrogen and oxygen atoms in total. The molecule has 0 aliphatic rings. The summed E-state index contributed by atoms with van der Waals surface area (Å²) in [5.74, 6) is 0.557. The fourth-order valence-electron chi connectivity index (χ4n) is 1.45. The monoisotopic (exact) mass is 331 g/mol. The van der Waals surface area contributed by atoms with Gasteiger partial charge in [0.15, 0.2) is 5.82 Å². The van der Waals surface area contributed by atoms with E-state index in [1.807, 2.05) is 0 Å². The Bertz CT molecular complexity index is 514. The number of aryl methyl sites for hydroxylation is 1. The lowest BCUT2D eigenvalue weighted by atomic mass is 10.2. The van der Waals surface area contributed by atoms with Gasteiger partial charge in [0.05, 0.1) is 12.8 Å². The Labute approximate surface area is 132 Å². The van der Waals surface area contributed by atoms with E-state index >= 15 is 0 Å². The average molecular weight is 331 g/mol. The normalized spacial score (nSPS) is 12.7. The summed E-state index contributed by atoms with van der Waals surface area (Å²) in [4.78, 5) is 24.1. The van der Waals surface area contributed by atoms with E-state index in [9.17, 15) is 9.59 Å². The van der Waals surface area contributed by atoms with Crippen molar-refractivity contribution in [2.45, 2.75) is 44.6 Å². The zero-order valence-electron chi connectivity index (χ0n) is 13.1. The first kappa shape index (κ1) is 18.2. The minimum absolute atomic E-state index is 0.277. The summed E-state index contributed by atoms with van der Waals surface area (Å²) in [5.41, 5.74) is -0.667. The summed E-state index contributed by atoms with van der Waals surface area (Å²) < 4.78 is 5.05. The van der Waals surface area contributed by atoms with Crippen LogP contribution in [0.4, 0.5) is 4.79 Å². The summed E-state index contributed by atoms with van der Waals surface area (Å²) in [6.45, 7) is 5.14. The number of thioether (sulfide) groups is 1. The van der Waals surface area contributed by atoms with Crippen LogP contribution in [0.2, 0.25) is 0 Å². The topological polar surface area (TPSA) is 119 Å². The molecule has 1 aromatic rings. The van der Waals surface area contributed by atoms with Gasteiger partial charge in [0.25, 0.3) is 0 Å². The summed E-state index contributed by atoms with van der Waals surface area (Å²) >= 11 is 1.47. The maximum Gasteiger partial charge on any atom is 0.408 e. The number of carboxylic acid groups (broad SMARTS) is 1. The number of ether oxygens (including phenoxy) is 1. The number of amides is 1. The number of hydrogen-bond acceptors (Lipinski definition) is 7. The molecule has 10 heteroatoms. The first-order chi connectivity index (χ1) is 10.2. The third-order valence-corrected chi connectivity index (χ3v) is 3.31. The fraction of sp³-hybridized carbons (Fsp3) is 0.750. The number of tetrazole rings is 1. The second kappa shape index (κ2) is 7.97. The van der Waals surface area contributed by atoms with Gasteiger partial charge >= 0.3 is 12.1 Å². The lowest BCUT2D eigenvalue weighted by Crippen LogP contribution is -2.43. The maximum absolute atomic E-state index is 11.6. The average Bonchev–Trinajstić information content (AvgIpc) is 2.76. The van der Waals surface area contributed by atoms with Crippen molar-refractivity contribution in [3.05, 3.63) is 5.82 Å². The van der Waals surface area contributed by atoms with E-state index in [2.05, 4.69) is 20.7 Å². The van der Waals surface area contributed by atoms with Gasteiger partial charge in [-0.25, -0.2) is 9.59 Å². The molecule has 1 heterocycles. The molecule has 0 aliphatic heterocycles. The molecule has 124 valence electrons. The second-order valence-electron chi connectivity index (χ2n) is 5.57. The molecule has 0 aliphatic carbocycles. The van der Waals surface area contributed by atoms with Crippen LogP contribution in [-0.2, 0) is 22.3 Å². The minimum Gasteiger partial charge on any atom is -0.480 e. The standard InChI is InChI=1S/C12H21N5O4S/c1-12(2,3)21-11(20)13-8(10(18)19)5-6-22-7-9-14-16-17(4)15-9/h8H,5-7H2,1-4H3,(H,13,20)(H,18,19). The molecule has 1 atom stereocenters. The van der Waals surface area contributed by atoms with Crippen molar-refractivity contribution in [2.75, 3.05) is 5.75 Å². The van der Waals surface area contributed by atoms with Gasteiger partial charge in [-0.05, 0) is 38.2 Å². The van der Waals surface area contributed by atoms with Crippen LogP contribution in [0.3, 0.4) is 0 Å². The molecule has 1 unspecified atom stereocenters. The van der Waals surface area contributed by atoms with Crippen LogP contribution in [0.5, 0.6) is 0 Å². The number of aromatic nitrogens is 4. The van der Waals surface area contributed by atoms with Gasteiger partial charge in [-0.2, -0.15) is 16.6 Å². The molecule has 0 fully saturated rings. The number of aliphatic carboxylic acids is 1. The van der Waals surface area contributed by atoms with Gasteiger partial charge in [0.2, 0.25) is 0 Å². The van der Waals surface area contributed by atoms with Crippen molar-refractivity contribution in [1.82, 2.24) is 25.5 Å².